The van der Waals surface area contributed by atoms with Crippen molar-refractivity contribution in [1.29, 1.82) is 0 Å². The Kier molecular flexibility index (Phi) is 3.16. The molecule has 2 heteroatoms. The molecule has 0 saturated carbocycles. The summed E-state index contributed by atoms with van der Waals surface area (Å²) < 4.78 is 5.32. The largest absolute Gasteiger partial charge is 0.380 e. The third-order valence-corrected chi connectivity index (χ3v) is 1.73. The molecule has 0 aromatic heterocycles. The number of ether oxygens (including phenoxy) is 1. The summed E-state index contributed by atoms with van der Waals surface area (Å²) in [6.07, 6.45) is 2.49. The predicted molar refractivity (Wildman–Crippen MR) is 42.1 cm³/mol. The Labute approximate surface area is 63.0 Å². The van der Waals surface area contributed by atoms with Crippen molar-refractivity contribution < 1.29 is 4.74 Å². The molecule has 1 heterocycles. The van der Waals surface area contributed by atoms with Crippen molar-refractivity contribution in [2.45, 2.75) is 38.8 Å². The van der Waals surface area contributed by atoms with Crippen LogP contribution in [-0.4, -0.2) is 25.3 Å². The normalized spacial score (nSPS) is 27.3. The van der Waals surface area contributed by atoms with Crippen LogP contribution in [0.1, 0.15) is 26.7 Å². The summed E-state index contributed by atoms with van der Waals surface area (Å²) >= 11 is 0. The van der Waals surface area contributed by atoms with Gasteiger partial charge in [-0.05, 0) is 12.8 Å². The van der Waals surface area contributed by atoms with Crippen molar-refractivity contribution in [2.24, 2.45) is 0 Å². The second-order valence-corrected chi connectivity index (χ2v) is 3.24. The fourth-order valence-corrected chi connectivity index (χ4v) is 1.34. The minimum atomic E-state index is 0.590. The SMILES string of the molecule is CC(C)NC1CCCOC1. The molecule has 1 rings (SSSR count). The predicted octanol–water partition coefficient (Wildman–Crippen LogP) is 1.16. The Morgan fingerprint density at radius 3 is 2.80 bits per heavy atom. The lowest BCUT2D eigenvalue weighted by Gasteiger charge is -2.24. The summed E-state index contributed by atoms with van der Waals surface area (Å²) in [5.41, 5.74) is 0. The summed E-state index contributed by atoms with van der Waals surface area (Å²) in [6, 6.07) is 1.19. The average Bonchev–Trinajstić information content (AvgIpc) is 1.88. The van der Waals surface area contributed by atoms with Gasteiger partial charge >= 0.3 is 0 Å². The lowest BCUT2D eigenvalue weighted by atomic mass is 10.1. The number of nitrogens with one attached hydrogen (secondary N) is 1. The van der Waals surface area contributed by atoms with E-state index in [-0.39, 0.29) is 0 Å². The van der Waals surface area contributed by atoms with E-state index >= 15 is 0 Å². The summed E-state index contributed by atoms with van der Waals surface area (Å²) in [7, 11) is 0. The molecule has 0 radical (unpaired) electrons. The van der Waals surface area contributed by atoms with Gasteiger partial charge in [0.15, 0.2) is 0 Å². The lowest BCUT2D eigenvalue weighted by Crippen LogP contribution is -2.40. The molecule has 0 amide bonds. The first kappa shape index (κ1) is 8.02. The molecule has 1 aliphatic heterocycles. The molecule has 1 N–H and O–H groups in total. The average molecular weight is 143 g/mol. The van der Waals surface area contributed by atoms with E-state index in [1.54, 1.807) is 0 Å². The van der Waals surface area contributed by atoms with Gasteiger partial charge in [0, 0.05) is 18.7 Å². The highest BCUT2D eigenvalue weighted by Gasteiger charge is 2.13. The molecule has 0 bridgehead atoms. The third-order valence-electron chi connectivity index (χ3n) is 1.73. The summed E-state index contributed by atoms with van der Waals surface area (Å²) in [4.78, 5) is 0. The monoisotopic (exact) mass is 143 g/mol. The first-order valence-corrected chi connectivity index (χ1v) is 4.13. The molecular weight excluding hydrogens is 126 g/mol. The van der Waals surface area contributed by atoms with Crippen molar-refractivity contribution in [3.63, 3.8) is 0 Å². The molecule has 1 atom stereocenters. The topological polar surface area (TPSA) is 21.3 Å². The third kappa shape index (κ3) is 2.67. The minimum Gasteiger partial charge on any atom is -0.380 e. The molecule has 0 aromatic rings. The Balaban J connectivity index is 2.13. The maximum Gasteiger partial charge on any atom is 0.0619 e. The minimum absolute atomic E-state index is 0.590. The zero-order chi connectivity index (χ0) is 7.40. The molecule has 60 valence electrons. The smallest absolute Gasteiger partial charge is 0.0619 e. The zero-order valence-electron chi connectivity index (χ0n) is 6.89. The van der Waals surface area contributed by atoms with Crippen LogP contribution in [0.15, 0.2) is 0 Å². The van der Waals surface area contributed by atoms with Crippen LogP contribution in [-0.2, 0) is 4.74 Å². The van der Waals surface area contributed by atoms with Gasteiger partial charge in [0.25, 0.3) is 0 Å². The highest BCUT2D eigenvalue weighted by atomic mass is 16.5. The van der Waals surface area contributed by atoms with Crippen LogP contribution in [0.2, 0.25) is 0 Å². The highest BCUT2D eigenvalue weighted by molar-refractivity contribution is 4.71. The zero-order valence-corrected chi connectivity index (χ0v) is 6.89. The molecule has 1 unspecified atom stereocenters. The fraction of sp³-hybridized carbons (Fsp3) is 1.00. The molecule has 10 heavy (non-hydrogen) atoms. The van der Waals surface area contributed by atoms with Crippen LogP contribution in [0.4, 0.5) is 0 Å². The van der Waals surface area contributed by atoms with E-state index in [0.29, 0.717) is 12.1 Å². The van der Waals surface area contributed by atoms with Gasteiger partial charge in [-0.1, -0.05) is 13.8 Å². The number of hydrogen-bond acceptors (Lipinski definition) is 2. The maximum absolute atomic E-state index is 5.32. The maximum atomic E-state index is 5.32. The van der Waals surface area contributed by atoms with Gasteiger partial charge in [-0.2, -0.15) is 0 Å². The van der Waals surface area contributed by atoms with Gasteiger partial charge in [-0.25, -0.2) is 0 Å². The molecular formula is C8H17NO. The second kappa shape index (κ2) is 3.94. The van der Waals surface area contributed by atoms with Gasteiger partial charge < -0.3 is 10.1 Å². The number of hydrogen-bond donors (Lipinski definition) is 1. The summed E-state index contributed by atoms with van der Waals surface area (Å²) in [5.74, 6) is 0. The van der Waals surface area contributed by atoms with Crippen molar-refractivity contribution >= 4 is 0 Å². The standard InChI is InChI=1S/C8H17NO/c1-7(2)9-8-4-3-5-10-6-8/h7-9H,3-6H2,1-2H3. The van der Waals surface area contributed by atoms with E-state index in [4.69, 9.17) is 4.74 Å². The molecule has 0 spiro atoms. The van der Waals surface area contributed by atoms with Crippen LogP contribution < -0.4 is 5.32 Å². The first-order chi connectivity index (χ1) is 4.79. The summed E-state index contributed by atoms with van der Waals surface area (Å²) in [5, 5.41) is 3.46. The quantitative estimate of drug-likeness (QED) is 0.626. The van der Waals surface area contributed by atoms with Crippen LogP contribution >= 0.6 is 0 Å². The highest BCUT2D eigenvalue weighted by Crippen LogP contribution is 2.05. The molecule has 2 nitrogen and oxygen atoms in total. The number of rotatable bonds is 2. The first-order valence-electron chi connectivity index (χ1n) is 4.13. The van der Waals surface area contributed by atoms with E-state index < -0.39 is 0 Å². The molecule has 0 aliphatic carbocycles. The van der Waals surface area contributed by atoms with Gasteiger partial charge in [-0.3, -0.25) is 0 Å². The molecule has 0 aromatic carbocycles. The lowest BCUT2D eigenvalue weighted by molar-refractivity contribution is 0.0678. The summed E-state index contributed by atoms with van der Waals surface area (Å²) in [6.45, 7) is 6.21. The van der Waals surface area contributed by atoms with Gasteiger partial charge in [0.05, 0.1) is 6.61 Å². The van der Waals surface area contributed by atoms with E-state index in [2.05, 4.69) is 19.2 Å². The molecule has 1 fully saturated rings. The van der Waals surface area contributed by atoms with Gasteiger partial charge in [0.2, 0.25) is 0 Å². The van der Waals surface area contributed by atoms with Crippen molar-refractivity contribution in [3.05, 3.63) is 0 Å². The van der Waals surface area contributed by atoms with Crippen LogP contribution in [0.25, 0.3) is 0 Å². The molecule has 1 aliphatic rings. The van der Waals surface area contributed by atoms with E-state index in [1.807, 2.05) is 0 Å². The van der Waals surface area contributed by atoms with E-state index in [1.165, 1.54) is 12.8 Å². The Bertz CT molecular complexity index is 87.3. The Morgan fingerprint density at radius 2 is 2.30 bits per heavy atom. The van der Waals surface area contributed by atoms with E-state index in [0.717, 1.165) is 13.2 Å². The fourth-order valence-electron chi connectivity index (χ4n) is 1.34. The van der Waals surface area contributed by atoms with E-state index in [9.17, 15) is 0 Å². The Morgan fingerprint density at radius 1 is 1.50 bits per heavy atom. The second-order valence-electron chi connectivity index (χ2n) is 3.24. The Hall–Kier alpha value is -0.0800. The van der Waals surface area contributed by atoms with Crippen LogP contribution in [0.3, 0.4) is 0 Å². The van der Waals surface area contributed by atoms with Gasteiger partial charge in [0.1, 0.15) is 0 Å². The van der Waals surface area contributed by atoms with Crippen molar-refractivity contribution in [1.82, 2.24) is 5.32 Å². The van der Waals surface area contributed by atoms with Crippen molar-refractivity contribution in [2.75, 3.05) is 13.2 Å². The van der Waals surface area contributed by atoms with Crippen molar-refractivity contribution in [3.8, 4) is 0 Å². The molecule has 1 saturated heterocycles. The van der Waals surface area contributed by atoms with Crippen LogP contribution in [0.5, 0.6) is 0 Å². The van der Waals surface area contributed by atoms with Gasteiger partial charge in [-0.15, -0.1) is 0 Å². The van der Waals surface area contributed by atoms with Crippen LogP contribution in [0, 0.1) is 0 Å².